The van der Waals surface area contributed by atoms with Crippen LogP contribution in [0.4, 0.5) is 16.0 Å². The highest BCUT2D eigenvalue weighted by molar-refractivity contribution is 5.95. The molecule has 1 fully saturated rings. The molecule has 0 spiro atoms. The van der Waals surface area contributed by atoms with E-state index in [-0.39, 0.29) is 24.0 Å². The first-order chi connectivity index (χ1) is 20.5. The summed E-state index contributed by atoms with van der Waals surface area (Å²) >= 11 is 0. The van der Waals surface area contributed by atoms with Crippen LogP contribution < -0.4 is 21.3 Å². The van der Waals surface area contributed by atoms with Gasteiger partial charge in [0.15, 0.2) is 11.4 Å². The van der Waals surface area contributed by atoms with Crippen LogP contribution in [-0.2, 0) is 6.54 Å². The summed E-state index contributed by atoms with van der Waals surface area (Å²) in [5.41, 5.74) is 9.19. The molecule has 13 nitrogen and oxygen atoms in total. The van der Waals surface area contributed by atoms with Crippen molar-refractivity contribution in [2.45, 2.75) is 6.54 Å². The molecule has 0 bridgehead atoms. The van der Waals surface area contributed by atoms with Gasteiger partial charge in [0.25, 0.3) is 5.91 Å². The Bertz CT molecular complexity index is 1670. The molecule has 1 saturated heterocycles. The van der Waals surface area contributed by atoms with E-state index in [0.29, 0.717) is 62.1 Å². The molecular formula is C28H33FN10O3. The molecule has 5 heterocycles. The third-order valence-corrected chi connectivity index (χ3v) is 7.43. The Balaban J connectivity index is 1.05. The molecule has 220 valence electrons. The number of hydrogen-bond acceptors (Lipinski definition) is 10. The molecular weight excluding hydrogens is 543 g/mol. The zero-order valence-electron chi connectivity index (χ0n) is 23.0. The molecule has 6 rings (SSSR count). The summed E-state index contributed by atoms with van der Waals surface area (Å²) in [6.45, 7) is 5.64. The van der Waals surface area contributed by atoms with E-state index < -0.39 is 5.82 Å². The number of nitrogens with one attached hydrogen (secondary N) is 2. The van der Waals surface area contributed by atoms with Crippen molar-refractivity contribution in [2.24, 2.45) is 0 Å². The number of piperazine rings is 1. The lowest BCUT2D eigenvalue weighted by atomic mass is 10.1. The lowest BCUT2D eigenvalue weighted by Gasteiger charge is -2.36. The molecule has 14 heteroatoms. The van der Waals surface area contributed by atoms with E-state index in [4.69, 9.17) is 15.3 Å². The van der Waals surface area contributed by atoms with Crippen molar-refractivity contribution in [3.63, 3.8) is 0 Å². The Kier molecular flexibility index (Phi) is 7.99. The predicted molar refractivity (Wildman–Crippen MR) is 156 cm³/mol. The molecule has 1 aliphatic rings. The Labute approximate surface area is 240 Å². The first-order valence-corrected chi connectivity index (χ1v) is 13.9. The molecule has 42 heavy (non-hydrogen) atoms. The largest absolute Gasteiger partial charge is 0.463 e. The predicted octanol–water partition coefficient (Wildman–Crippen LogP) is 1.19. The minimum atomic E-state index is -0.414. The summed E-state index contributed by atoms with van der Waals surface area (Å²) in [5, 5.41) is 24.5. The number of aromatic nitrogens is 5. The molecule has 0 radical (unpaired) electrons. The minimum absolute atomic E-state index is 0.0359. The Morgan fingerprint density at radius 3 is 2.71 bits per heavy atom. The zero-order chi connectivity index (χ0) is 29.1. The van der Waals surface area contributed by atoms with E-state index >= 15 is 0 Å². The fourth-order valence-electron chi connectivity index (χ4n) is 5.21. The third-order valence-electron chi connectivity index (χ3n) is 7.43. The fraction of sp³-hybridized carbons (Fsp3) is 0.357. The average molecular weight is 577 g/mol. The van der Waals surface area contributed by atoms with Gasteiger partial charge in [-0.25, -0.2) is 9.07 Å². The molecule has 0 atom stereocenters. The van der Waals surface area contributed by atoms with Gasteiger partial charge in [-0.3, -0.25) is 9.69 Å². The van der Waals surface area contributed by atoms with Gasteiger partial charge in [-0.15, -0.1) is 0 Å². The summed E-state index contributed by atoms with van der Waals surface area (Å²) < 4.78 is 23.9. The second-order valence-corrected chi connectivity index (χ2v) is 10.1. The highest BCUT2D eigenvalue weighted by atomic mass is 19.1. The van der Waals surface area contributed by atoms with Crippen LogP contribution in [0.3, 0.4) is 0 Å². The first-order valence-electron chi connectivity index (χ1n) is 13.9. The SMILES string of the molecule is Nc1nc2c(cnn2CCN2CCN(c3ccc(C(=O)NCCNCCO)cc3F)CC2)c2cc(-c3ccco3)nn12. The van der Waals surface area contributed by atoms with Crippen molar-refractivity contribution in [1.29, 1.82) is 0 Å². The molecule has 5 aromatic rings. The van der Waals surface area contributed by atoms with Crippen LogP contribution in [0.5, 0.6) is 0 Å². The van der Waals surface area contributed by atoms with Gasteiger partial charge in [0, 0.05) is 57.9 Å². The number of halogens is 1. The summed E-state index contributed by atoms with van der Waals surface area (Å²) in [6.07, 6.45) is 3.38. The first kappa shape index (κ1) is 27.6. The maximum Gasteiger partial charge on any atom is 0.251 e. The second-order valence-electron chi connectivity index (χ2n) is 10.1. The van der Waals surface area contributed by atoms with Gasteiger partial charge in [0.2, 0.25) is 5.95 Å². The molecule has 1 aliphatic heterocycles. The van der Waals surface area contributed by atoms with Gasteiger partial charge < -0.3 is 30.8 Å². The maximum absolute atomic E-state index is 15.0. The average Bonchev–Trinajstić information content (AvgIpc) is 3.76. The number of fused-ring (bicyclic) bond motifs is 3. The second kappa shape index (κ2) is 12.1. The standard InChI is InChI=1S/C28H33FN10O3/c29-21-16-19(27(41)32-6-5-31-7-14-40)3-4-23(21)37-11-8-36(9-12-37)10-13-38-26-20(18-33-38)24-17-22(25-2-1-15-42-25)35-39(24)28(30)34-26/h1-4,15-18,31,40H,5-14H2,(H2,30,34)(H,32,41). The molecule has 4 aromatic heterocycles. The van der Waals surface area contributed by atoms with Crippen molar-refractivity contribution < 1.29 is 18.7 Å². The third kappa shape index (κ3) is 5.64. The highest BCUT2D eigenvalue weighted by Crippen LogP contribution is 2.27. The number of aliphatic hydroxyl groups is 1. The van der Waals surface area contributed by atoms with E-state index in [9.17, 15) is 9.18 Å². The van der Waals surface area contributed by atoms with Crippen molar-refractivity contribution in [3.8, 4) is 11.5 Å². The molecule has 5 N–H and O–H groups in total. The highest BCUT2D eigenvalue weighted by Gasteiger charge is 2.21. The Morgan fingerprint density at radius 1 is 1.10 bits per heavy atom. The quantitative estimate of drug-likeness (QED) is 0.169. The monoisotopic (exact) mass is 576 g/mol. The van der Waals surface area contributed by atoms with Crippen LogP contribution in [0.2, 0.25) is 0 Å². The number of nitrogens with zero attached hydrogens (tertiary/aromatic N) is 7. The minimum Gasteiger partial charge on any atom is -0.463 e. The molecule has 0 aliphatic carbocycles. The van der Waals surface area contributed by atoms with E-state index in [1.165, 1.54) is 6.07 Å². The summed E-state index contributed by atoms with van der Waals surface area (Å²) in [7, 11) is 0. The number of anilines is 2. The lowest BCUT2D eigenvalue weighted by molar-refractivity contribution is 0.0953. The lowest BCUT2D eigenvalue weighted by Crippen LogP contribution is -2.47. The number of nitrogen functional groups attached to an aromatic ring is 1. The van der Waals surface area contributed by atoms with Crippen LogP contribution in [0, 0.1) is 5.82 Å². The van der Waals surface area contributed by atoms with Crippen molar-refractivity contribution in [2.75, 3.05) is 69.6 Å². The van der Waals surface area contributed by atoms with Crippen LogP contribution in [-0.4, -0.2) is 99.3 Å². The van der Waals surface area contributed by atoms with Gasteiger partial charge in [-0.05, 0) is 36.4 Å². The summed E-state index contributed by atoms with van der Waals surface area (Å²) in [5.74, 6) is 0.178. The molecule has 1 amide bonds. The van der Waals surface area contributed by atoms with Crippen molar-refractivity contribution in [3.05, 3.63) is 60.2 Å². The van der Waals surface area contributed by atoms with Crippen molar-refractivity contribution in [1.82, 2.24) is 39.9 Å². The van der Waals surface area contributed by atoms with E-state index in [2.05, 4.69) is 30.7 Å². The van der Waals surface area contributed by atoms with E-state index in [0.717, 1.165) is 30.5 Å². The smallest absolute Gasteiger partial charge is 0.251 e. The number of hydrogen-bond donors (Lipinski definition) is 4. The van der Waals surface area contributed by atoms with Gasteiger partial charge in [-0.2, -0.15) is 19.7 Å². The van der Waals surface area contributed by atoms with Gasteiger partial charge in [0.05, 0.1) is 42.2 Å². The molecule has 0 saturated carbocycles. The van der Waals surface area contributed by atoms with E-state index in [1.807, 2.05) is 27.8 Å². The molecule has 0 unspecified atom stereocenters. The van der Waals surface area contributed by atoms with E-state index in [1.54, 1.807) is 29.1 Å². The maximum atomic E-state index is 15.0. The van der Waals surface area contributed by atoms with Crippen molar-refractivity contribution >= 4 is 34.1 Å². The number of carbonyl (C=O) groups excluding carboxylic acids is 1. The van der Waals surface area contributed by atoms with Crippen LogP contribution in [0.15, 0.2) is 53.3 Å². The topological polar surface area (TPSA) is 155 Å². The van der Waals surface area contributed by atoms with Gasteiger partial charge in [0.1, 0.15) is 11.5 Å². The Hall–Kier alpha value is -4.53. The number of furan rings is 1. The number of carbonyl (C=O) groups is 1. The number of benzene rings is 1. The fourth-order valence-corrected chi connectivity index (χ4v) is 5.21. The Morgan fingerprint density at radius 2 is 1.95 bits per heavy atom. The van der Waals surface area contributed by atoms with Crippen LogP contribution >= 0.6 is 0 Å². The van der Waals surface area contributed by atoms with Gasteiger partial charge in [-0.1, -0.05) is 0 Å². The summed E-state index contributed by atoms with van der Waals surface area (Å²) in [4.78, 5) is 21.2. The number of rotatable bonds is 11. The number of amides is 1. The van der Waals surface area contributed by atoms with Crippen LogP contribution in [0.1, 0.15) is 10.4 Å². The molecule has 1 aromatic carbocycles. The zero-order valence-corrected chi connectivity index (χ0v) is 23.0. The summed E-state index contributed by atoms with van der Waals surface area (Å²) in [6, 6.07) is 10.2. The number of nitrogens with two attached hydrogens (primary N) is 1. The van der Waals surface area contributed by atoms with Crippen LogP contribution in [0.25, 0.3) is 28.0 Å². The van der Waals surface area contributed by atoms with Gasteiger partial charge >= 0.3 is 0 Å². The normalized spacial score (nSPS) is 14.3. The number of aliphatic hydroxyl groups excluding tert-OH is 1.